The molecule has 4 heterocycles. The second-order valence-corrected chi connectivity index (χ2v) is 9.70. The average Bonchev–Trinajstić information content (AvgIpc) is 3.29. The van der Waals surface area contributed by atoms with Crippen LogP contribution in [0.5, 0.6) is 5.88 Å². The molecule has 1 saturated heterocycles. The summed E-state index contributed by atoms with van der Waals surface area (Å²) in [6.07, 6.45) is 7.06. The summed E-state index contributed by atoms with van der Waals surface area (Å²) >= 11 is 0. The average molecular weight is 501 g/mol. The van der Waals surface area contributed by atoms with E-state index in [1.165, 1.54) is 0 Å². The van der Waals surface area contributed by atoms with Gasteiger partial charge < -0.3 is 20.1 Å². The predicted octanol–water partition coefficient (Wildman–Crippen LogP) is 4.03. The number of likely N-dealkylation sites (tertiary alicyclic amines) is 1. The van der Waals surface area contributed by atoms with Gasteiger partial charge in [-0.3, -0.25) is 9.48 Å². The van der Waals surface area contributed by atoms with Crippen LogP contribution in [0.4, 0.5) is 5.82 Å². The van der Waals surface area contributed by atoms with Crippen LogP contribution in [-0.2, 0) is 13.7 Å². The summed E-state index contributed by atoms with van der Waals surface area (Å²) < 4.78 is 7.77. The number of ether oxygens (including phenoxy) is 1. The van der Waals surface area contributed by atoms with Gasteiger partial charge in [0.05, 0.1) is 18.5 Å². The fourth-order valence-corrected chi connectivity index (χ4v) is 4.75. The van der Waals surface area contributed by atoms with E-state index in [-0.39, 0.29) is 18.6 Å². The van der Waals surface area contributed by atoms with Crippen LogP contribution < -0.4 is 10.1 Å². The van der Waals surface area contributed by atoms with Crippen molar-refractivity contribution in [2.75, 3.05) is 18.4 Å². The zero-order valence-electron chi connectivity index (χ0n) is 21.4. The van der Waals surface area contributed by atoms with Crippen LogP contribution in [0.25, 0.3) is 21.9 Å². The molecule has 1 aliphatic rings. The maximum Gasteiger partial charge on any atom is 0.257 e. The number of carbonyl (C=O) groups is 1. The lowest BCUT2D eigenvalue weighted by atomic mass is 10.0. The van der Waals surface area contributed by atoms with E-state index in [0.717, 1.165) is 53.5 Å². The van der Waals surface area contributed by atoms with Crippen molar-refractivity contribution in [2.45, 2.75) is 45.4 Å². The molecule has 2 N–H and O–H groups in total. The van der Waals surface area contributed by atoms with Crippen LogP contribution in [0.2, 0.25) is 0 Å². The number of aryl methyl sites for hydroxylation is 1. The first kappa shape index (κ1) is 24.9. The monoisotopic (exact) mass is 500 g/mol. The molecule has 1 amide bonds. The molecule has 37 heavy (non-hydrogen) atoms. The smallest absolute Gasteiger partial charge is 0.257 e. The molecule has 0 atom stereocenters. The number of hydrogen-bond donors (Lipinski definition) is 2. The SMILES string of the molecule is CC(C)N1CCC(Oc2cc(C(=O)Nc3cc4cc(-c5cnn(C)c5CO)ccc4cn3)ccn2)CC1. The van der Waals surface area contributed by atoms with Crippen LogP contribution >= 0.6 is 0 Å². The summed E-state index contributed by atoms with van der Waals surface area (Å²) in [5.74, 6) is 0.631. The van der Waals surface area contributed by atoms with Crippen LogP contribution in [-0.4, -0.2) is 60.9 Å². The Morgan fingerprint density at radius 2 is 1.92 bits per heavy atom. The van der Waals surface area contributed by atoms with Crippen molar-refractivity contribution < 1.29 is 14.6 Å². The number of benzene rings is 1. The number of rotatable bonds is 7. The van der Waals surface area contributed by atoms with Gasteiger partial charge in [-0.25, -0.2) is 9.97 Å². The molecule has 0 radical (unpaired) electrons. The molecule has 192 valence electrons. The Morgan fingerprint density at radius 3 is 2.68 bits per heavy atom. The number of aromatic nitrogens is 4. The first-order chi connectivity index (χ1) is 17.9. The number of carbonyl (C=O) groups excluding carboxylic acids is 1. The van der Waals surface area contributed by atoms with Crippen LogP contribution in [0, 0.1) is 0 Å². The molecule has 9 heteroatoms. The fourth-order valence-electron chi connectivity index (χ4n) is 4.75. The molecule has 0 unspecified atom stereocenters. The molecule has 0 saturated carbocycles. The first-order valence-electron chi connectivity index (χ1n) is 12.6. The fraction of sp³-hybridized carbons (Fsp3) is 0.357. The summed E-state index contributed by atoms with van der Waals surface area (Å²) in [6.45, 7) is 6.32. The molecular weight excluding hydrogens is 468 g/mol. The predicted molar refractivity (Wildman–Crippen MR) is 142 cm³/mol. The lowest BCUT2D eigenvalue weighted by Gasteiger charge is -2.34. The van der Waals surface area contributed by atoms with Crippen LogP contribution in [0.1, 0.15) is 42.7 Å². The third-order valence-electron chi connectivity index (χ3n) is 6.98. The summed E-state index contributed by atoms with van der Waals surface area (Å²) in [5.41, 5.74) is 3.00. The molecule has 1 aliphatic heterocycles. The molecular formula is C28H32N6O3. The van der Waals surface area contributed by atoms with E-state index in [1.54, 1.807) is 42.5 Å². The summed E-state index contributed by atoms with van der Waals surface area (Å²) in [7, 11) is 1.80. The second-order valence-electron chi connectivity index (χ2n) is 9.70. The van der Waals surface area contributed by atoms with Crippen molar-refractivity contribution in [1.29, 1.82) is 0 Å². The Balaban J connectivity index is 1.29. The number of amides is 1. The number of aliphatic hydroxyl groups excluding tert-OH is 1. The van der Waals surface area contributed by atoms with Gasteiger partial charge in [0.1, 0.15) is 11.9 Å². The number of nitrogens with one attached hydrogen (secondary N) is 1. The molecule has 0 aliphatic carbocycles. The highest BCUT2D eigenvalue weighted by Gasteiger charge is 2.22. The minimum absolute atomic E-state index is 0.100. The highest BCUT2D eigenvalue weighted by atomic mass is 16.5. The minimum Gasteiger partial charge on any atom is -0.474 e. The van der Waals surface area contributed by atoms with Gasteiger partial charge in [-0.1, -0.05) is 12.1 Å². The normalized spacial score (nSPS) is 14.8. The number of hydrogen-bond acceptors (Lipinski definition) is 7. The Bertz CT molecular complexity index is 1410. The molecule has 1 aromatic carbocycles. The van der Waals surface area contributed by atoms with E-state index in [0.29, 0.717) is 23.3 Å². The van der Waals surface area contributed by atoms with Crippen molar-refractivity contribution in [2.24, 2.45) is 7.05 Å². The van der Waals surface area contributed by atoms with Crippen molar-refractivity contribution in [3.8, 4) is 17.0 Å². The zero-order valence-corrected chi connectivity index (χ0v) is 21.4. The molecule has 0 spiro atoms. The second kappa shape index (κ2) is 10.7. The number of fused-ring (bicyclic) bond motifs is 1. The van der Waals surface area contributed by atoms with E-state index < -0.39 is 0 Å². The van der Waals surface area contributed by atoms with Gasteiger partial charge >= 0.3 is 0 Å². The van der Waals surface area contributed by atoms with Crippen molar-refractivity contribution in [3.05, 3.63) is 66.2 Å². The van der Waals surface area contributed by atoms with Gasteiger partial charge in [0, 0.05) is 61.2 Å². The number of anilines is 1. The Hall–Kier alpha value is -3.82. The number of aliphatic hydroxyl groups is 1. The van der Waals surface area contributed by atoms with E-state index >= 15 is 0 Å². The van der Waals surface area contributed by atoms with Crippen LogP contribution in [0.3, 0.4) is 0 Å². The van der Waals surface area contributed by atoms with E-state index in [4.69, 9.17) is 4.74 Å². The van der Waals surface area contributed by atoms with Gasteiger partial charge in [0.2, 0.25) is 5.88 Å². The summed E-state index contributed by atoms with van der Waals surface area (Å²) in [4.78, 5) is 24.2. The molecule has 9 nitrogen and oxygen atoms in total. The highest BCUT2D eigenvalue weighted by molar-refractivity contribution is 6.04. The number of piperidine rings is 1. The summed E-state index contributed by atoms with van der Waals surface area (Å²) in [5, 5.41) is 18.7. The van der Waals surface area contributed by atoms with E-state index in [2.05, 4.69) is 39.1 Å². The van der Waals surface area contributed by atoms with Crippen molar-refractivity contribution >= 4 is 22.5 Å². The van der Waals surface area contributed by atoms with Gasteiger partial charge in [0.15, 0.2) is 0 Å². The molecule has 1 fully saturated rings. The summed E-state index contributed by atoms with van der Waals surface area (Å²) in [6, 6.07) is 11.7. The quantitative estimate of drug-likeness (QED) is 0.395. The third kappa shape index (κ3) is 5.47. The van der Waals surface area contributed by atoms with E-state index in [9.17, 15) is 9.90 Å². The third-order valence-corrected chi connectivity index (χ3v) is 6.98. The molecule has 0 bridgehead atoms. The molecule has 3 aromatic heterocycles. The van der Waals surface area contributed by atoms with Gasteiger partial charge in [0.25, 0.3) is 5.91 Å². The Kier molecular flexibility index (Phi) is 7.16. The lowest BCUT2D eigenvalue weighted by Crippen LogP contribution is -2.41. The molecule has 5 rings (SSSR count). The topological polar surface area (TPSA) is 105 Å². The van der Waals surface area contributed by atoms with Gasteiger partial charge in [-0.05, 0) is 55.8 Å². The lowest BCUT2D eigenvalue weighted by molar-refractivity contribution is 0.0810. The van der Waals surface area contributed by atoms with Crippen molar-refractivity contribution in [3.63, 3.8) is 0 Å². The largest absolute Gasteiger partial charge is 0.474 e. The molecule has 4 aromatic rings. The Labute approximate surface area is 216 Å². The zero-order chi connectivity index (χ0) is 25.9. The number of nitrogens with zero attached hydrogens (tertiary/aromatic N) is 5. The maximum absolute atomic E-state index is 13.0. The number of pyridine rings is 2. The maximum atomic E-state index is 13.0. The standard InChI is InChI=1S/C28H32N6O3/c1-18(2)34-10-7-23(8-11-34)37-27-14-20(6-9-29-27)28(36)32-26-13-22-12-19(4-5-21(22)15-30-26)24-16-31-33(3)25(24)17-35/h4-6,9,12-16,18,23,35H,7-8,10-11,17H2,1-3H3,(H,30,32,36). The minimum atomic E-state index is -0.278. The van der Waals surface area contributed by atoms with E-state index in [1.807, 2.05) is 24.3 Å². The first-order valence-corrected chi connectivity index (χ1v) is 12.6. The highest BCUT2D eigenvalue weighted by Crippen LogP contribution is 2.28. The van der Waals surface area contributed by atoms with Crippen LogP contribution in [0.15, 0.2) is 55.0 Å². The van der Waals surface area contributed by atoms with Gasteiger partial charge in [-0.15, -0.1) is 0 Å². The van der Waals surface area contributed by atoms with Crippen molar-refractivity contribution in [1.82, 2.24) is 24.6 Å². The Morgan fingerprint density at radius 1 is 1.11 bits per heavy atom. The van der Waals surface area contributed by atoms with Gasteiger partial charge in [-0.2, -0.15) is 5.10 Å².